The summed E-state index contributed by atoms with van der Waals surface area (Å²) in [5, 5.41) is 2.93. The Hall–Kier alpha value is -2.34. The molecule has 0 saturated carbocycles. The zero-order valence-electron chi connectivity index (χ0n) is 18.2. The van der Waals surface area contributed by atoms with Gasteiger partial charge >= 0.3 is 0 Å². The van der Waals surface area contributed by atoms with Gasteiger partial charge < -0.3 is 10.2 Å². The second kappa shape index (κ2) is 11.7. The Balaban J connectivity index is 2.14. The van der Waals surface area contributed by atoms with Gasteiger partial charge in [-0.1, -0.05) is 55.0 Å². The molecule has 2 rings (SSSR count). The maximum Gasteiger partial charge on any atom is 0.243 e. The molecule has 0 aliphatic heterocycles. The summed E-state index contributed by atoms with van der Waals surface area (Å²) in [7, 11) is 0. The minimum atomic E-state index is -0.547. The second-order valence-electron chi connectivity index (χ2n) is 7.68. The van der Waals surface area contributed by atoms with Crippen molar-refractivity contribution in [3.05, 3.63) is 71.0 Å². The number of carbonyl (C=O) groups excluding carboxylic acids is 2. The van der Waals surface area contributed by atoms with E-state index < -0.39 is 6.04 Å². The lowest BCUT2D eigenvalue weighted by molar-refractivity contribution is -0.139. The number of thioether (sulfide) groups is 1. The molecule has 0 bridgehead atoms. The van der Waals surface area contributed by atoms with Gasteiger partial charge in [0.25, 0.3) is 0 Å². The lowest BCUT2D eigenvalue weighted by Crippen LogP contribution is -2.50. The highest BCUT2D eigenvalue weighted by Crippen LogP contribution is 2.19. The van der Waals surface area contributed by atoms with Crippen molar-refractivity contribution in [2.45, 2.75) is 58.5 Å². The van der Waals surface area contributed by atoms with Crippen molar-refractivity contribution in [2.75, 3.05) is 5.75 Å². The number of aryl methyl sites for hydroxylation is 1. The Labute approximate surface area is 183 Å². The molecule has 1 atom stereocenters. The maximum absolute atomic E-state index is 13.8. The van der Waals surface area contributed by atoms with E-state index >= 15 is 0 Å². The fourth-order valence-corrected chi connectivity index (χ4v) is 4.15. The Morgan fingerprint density at radius 2 is 1.87 bits per heavy atom. The van der Waals surface area contributed by atoms with E-state index in [1.54, 1.807) is 23.1 Å². The van der Waals surface area contributed by atoms with Crippen LogP contribution in [0, 0.1) is 12.7 Å². The summed E-state index contributed by atoms with van der Waals surface area (Å²) in [6, 6.07) is 14.0. The monoisotopic (exact) mass is 430 g/mol. The second-order valence-corrected chi connectivity index (χ2v) is 8.67. The number of halogens is 1. The van der Waals surface area contributed by atoms with Gasteiger partial charge in [-0.3, -0.25) is 9.59 Å². The predicted molar refractivity (Wildman–Crippen MR) is 122 cm³/mol. The topological polar surface area (TPSA) is 49.4 Å². The molecule has 0 spiro atoms. The molecule has 2 amide bonds. The molecule has 4 nitrogen and oxygen atoms in total. The number of nitrogens with one attached hydrogen (secondary N) is 1. The van der Waals surface area contributed by atoms with Crippen LogP contribution < -0.4 is 5.32 Å². The highest BCUT2D eigenvalue weighted by Gasteiger charge is 2.28. The van der Waals surface area contributed by atoms with E-state index in [2.05, 4.69) is 5.32 Å². The van der Waals surface area contributed by atoms with Gasteiger partial charge in [0.15, 0.2) is 0 Å². The van der Waals surface area contributed by atoms with Crippen molar-refractivity contribution in [1.29, 1.82) is 0 Å². The molecule has 6 heteroatoms. The average Bonchev–Trinajstić information content (AvgIpc) is 2.68. The van der Waals surface area contributed by atoms with E-state index in [4.69, 9.17) is 0 Å². The van der Waals surface area contributed by atoms with Crippen LogP contribution in [0.15, 0.2) is 48.5 Å². The molecule has 0 unspecified atom stereocenters. The summed E-state index contributed by atoms with van der Waals surface area (Å²) < 4.78 is 13.8. The Morgan fingerprint density at radius 1 is 1.13 bits per heavy atom. The van der Waals surface area contributed by atoms with E-state index in [0.717, 1.165) is 11.1 Å². The predicted octanol–water partition coefficient (Wildman–Crippen LogP) is 4.70. The van der Waals surface area contributed by atoms with Crippen molar-refractivity contribution in [3.63, 3.8) is 0 Å². The van der Waals surface area contributed by atoms with Gasteiger partial charge in [0.05, 0.1) is 5.75 Å². The van der Waals surface area contributed by atoms with Gasteiger partial charge in [-0.15, -0.1) is 11.8 Å². The molecular weight excluding hydrogens is 399 g/mol. The van der Waals surface area contributed by atoms with Crippen LogP contribution in [0.4, 0.5) is 4.39 Å². The SMILES string of the molecule is CC[C@@H](C(=O)NC(C)C)N(Cc1cccc(C)c1)C(=O)CSCc1ccccc1F. The molecule has 0 aliphatic rings. The number of rotatable bonds is 10. The molecule has 0 heterocycles. The minimum absolute atomic E-state index is 0.00194. The van der Waals surface area contributed by atoms with E-state index in [1.165, 1.54) is 17.8 Å². The third kappa shape index (κ3) is 7.17. The number of benzene rings is 2. The summed E-state index contributed by atoms with van der Waals surface area (Å²) >= 11 is 1.36. The van der Waals surface area contributed by atoms with Crippen molar-refractivity contribution < 1.29 is 14.0 Å². The fourth-order valence-electron chi connectivity index (χ4n) is 3.25. The molecule has 1 N–H and O–H groups in total. The average molecular weight is 431 g/mol. The number of hydrogen-bond donors (Lipinski definition) is 1. The zero-order valence-corrected chi connectivity index (χ0v) is 19.0. The Morgan fingerprint density at radius 3 is 2.50 bits per heavy atom. The van der Waals surface area contributed by atoms with Crippen LogP contribution >= 0.6 is 11.8 Å². The normalized spacial score (nSPS) is 11.9. The van der Waals surface area contributed by atoms with Crippen molar-refractivity contribution in [3.8, 4) is 0 Å². The quantitative estimate of drug-likeness (QED) is 0.594. The largest absolute Gasteiger partial charge is 0.352 e. The van der Waals surface area contributed by atoms with Crippen LogP contribution in [0.3, 0.4) is 0 Å². The van der Waals surface area contributed by atoms with Gasteiger partial charge in [0, 0.05) is 18.3 Å². The third-order valence-electron chi connectivity index (χ3n) is 4.69. The molecule has 2 aromatic carbocycles. The Bertz CT molecular complexity index is 857. The number of nitrogens with zero attached hydrogens (tertiary/aromatic N) is 1. The lowest BCUT2D eigenvalue weighted by atomic mass is 10.1. The molecule has 0 radical (unpaired) electrons. The first-order valence-corrected chi connectivity index (χ1v) is 11.4. The zero-order chi connectivity index (χ0) is 22.1. The third-order valence-corrected chi connectivity index (χ3v) is 5.66. The molecule has 2 aromatic rings. The molecule has 0 fully saturated rings. The van der Waals surface area contributed by atoms with E-state index in [9.17, 15) is 14.0 Å². The van der Waals surface area contributed by atoms with Gasteiger partial charge in [-0.25, -0.2) is 4.39 Å². The fraction of sp³-hybridized carbons (Fsp3) is 0.417. The molecule has 30 heavy (non-hydrogen) atoms. The molecule has 162 valence electrons. The molecule has 0 aromatic heterocycles. The maximum atomic E-state index is 13.8. The number of amides is 2. The van der Waals surface area contributed by atoms with Gasteiger partial charge in [0.1, 0.15) is 11.9 Å². The van der Waals surface area contributed by atoms with E-state index in [-0.39, 0.29) is 29.4 Å². The van der Waals surface area contributed by atoms with E-state index in [0.29, 0.717) is 24.3 Å². The summed E-state index contributed by atoms with van der Waals surface area (Å²) in [5.74, 6) is 0.0603. The minimum Gasteiger partial charge on any atom is -0.352 e. The smallest absolute Gasteiger partial charge is 0.243 e. The summed E-state index contributed by atoms with van der Waals surface area (Å²) in [6.45, 7) is 8.09. The summed E-state index contributed by atoms with van der Waals surface area (Å²) in [5.41, 5.74) is 2.66. The highest BCUT2D eigenvalue weighted by atomic mass is 32.2. The number of hydrogen-bond acceptors (Lipinski definition) is 3. The van der Waals surface area contributed by atoms with Crippen molar-refractivity contribution in [2.24, 2.45) is 0 Å². The van der Waals surface area contributed by atoms with Crippen molar-refractivity contribution in [1.82, 2.24) is 10.2 Å². The molecule has 0 saturated heterocycles. The van der Waals surface area contributed by atoms with Crippen LogP contribution in [-0.4, -0.2) is 34.6 Å². The van der Waals surface area contributed by atoms with Gasteiger partial charge in [0.2, 0.25) is 11.8 Å². The first kappa shape index (κ1) is 23.9. The molecular formula is C24H31FN2O2S. The first-order valence-electron chi connectivity index (χ1n) is 10.3. The van der Waals surface area contributed by atoms with Gasteiger partial charge in [-0.05, 0) is 44.4 Å². The number of carbonyl (C=O) groups is 2. The van der Waals surface area contributed by atoms with E-state index in [1.807, 2.05) is 52.0 Å². The van der Waals surface area contributed by atoms with Gasteiger partial charge in [-0.2, -0.15) is 0 Å². The highest BCUT2D eigenvalue weighted by molar-refractivity contribution is 7.99. The first-order chi connectivity index (χ1) is 14.3. The van der Waals surface area contributed by atoms with Crippen LogP contribution in [-0.2, 0) is 21.9 Å². The van der Waals surface area contributed by atoms with Crippen LogP contribution in [0.5, 0.6) is 0 Å². The Kier molecular flexibility index (Phi) is 9.37. The molecule has 0 aliphatic carbocycles. The van der Waals surface area contributed by atoms with Crippen LogP contribution in [0.2, 0.25) is 0 Å². The standard InChI is InChI=1S/C24H31FN2O2S/c1-5-22(24(29)26-17(2)3)27(14-19-10-8-9-18(4)13-19)23(28)16-30-15-20-11-6-7-12-21(20)25/h6-13,17,22H,5,14-16H2,1-4H3,(H,26,29)/t22-/m0/s1. The van der Waals surface area contributed by atoms with Crippen molar-refractivity contribution >= 4 is 23.6 Å². The van der Waals surface area contributed by atoms with Crippen LogP contribution in [0.25, 0.3) is 0 Å². The lowest BCUT2D eigenvalue weighted by Gasteiger charge is -2.31. The summed E-state index contributed by atoms with van der Waals surface area (Å²) in [4.78, 5) is 27.5. The van der Waals surface area contributed by atoms with Crippen LogP contribution in [0.1, 0.15) is 43.9 Å². The summed E-state index contributed by atoms with van der Waals surface area (Å²) in [6.07, 6.45) is 0.522.